The van der Waals surface area contributed by atoms with Crippen LogP contribution in [0.15, 0.2) is 122 Å². The van der Waals surface area contributed by atoms with Crippen LogP contribution in [0, 0.1) is 0 Å². The lowest BCUT2D eigenvalue weighted by molar-refractivity contribution is -0.161. The average molecular weight is 1500 g/mol. The van der Waals surface area contributed by atoms with Crippen molar-refractivity contribution < 1.29 is 80.2 Å². The molecule has 0 saturated carbocycles. The zero-order valence-corrected chi connectivity index (χ0v) is 67.2. The normalized spacial score (nSPS) is 14.5. The number of ether oxygens (including phenoxy) is 4. The molecule has 0 aliphatic rings. The van der Waals surface area contributed by atoms with Gasteiger partial charge in [-0.1, -0.05) is 284 Å². The minimum atomic E-state index is -5.00. The minimum Gasteiger partial charge on any atom is -0.462 e. The number of carbonyl (C=O) groups excluding carboxylic acids is 4. The number of rotatable bonds is 76. The number of aliphatic hydroxyl groups excluding tert-OH is 1. The van der Waals surface area contributed by atoms with Gasteiger partial charge >= 0.3 is 39.5 Å². The summed E-state index contributed by atoms with van der Waals surface area (Å²) in [5.74, 6) is -2.30. The standard InChI is InChI=1S/C85H146O17P2/c1-5-9-13-17-21-25-29-33-37-38-39-40-44-46-50-54-58-62-66-70-83(88)96-76-81(102-85(90)72-68-64-60-56-52-48-43-36-32-28-24-20-16-12-8-4)78-100-104(93,94)98-74-79(86)73-97-103(91,92)99-77-80(101-84(89)71-67-63-59-55-51-47-42-35-31-27-23-19-15-11-7-3)75-95-82(87)69-65-61-57-53-49-45-41-34-30-26-22-18-14-10-6-2/h9,13,21,24-25,28,33-37,39-43,46,50,58,62,79-81,86H,5-8,10-12,14-20,22-23,26-27,29-32,38,44-45,47-49,51-57,59-61,63-78H2,1-4H3,(H,91,92)(H,93,94)/b13-9-,25-21-,28-24-,37-33-,40-39-,41-34-,42-35-,43-36-,50-46-,62-58-/t79-,80+,81+/m0/s1. The number of hydrogen-bond acceptors (Lipinski definition) is 15. The lowest BCUT2D eigenvalue weighted by atomic mass is 10.1. The lowest BCUT2D eigenvalue weighted by Gasteiger charge is -2.21. The van der Waals surface area contributed by atoms with E-state index in [0.717, 1.165) is 154 Å². The van der Waals surface area contributed by atoms with Gasteiger partial charge < -0.3 is 33.8 Å². The van der Waals surface area contributed by atoms with E-state index in [1.807, 2.05) is 18.2 Å². The zero-order valence-electron chi connectivity index (χ0n) is 65.4. The van der Waals surface area contributed by atoms with Gasteiger partial charge in [-0.05, 0) is 148 Å². The fraction of sp³-hybridized carbons (Fsp3) is 0.718. The van der Waals surface area contributed by atoms with E-state index in [2.05, 4.69) is 131 Å². The van der Waals surface area contributed by atoms with Crippen LogP contribution in [0.1, 0.15) is 336 Å². The number of hydrogen-bond donors (Lipinski definition) is 3. The summed E-state index contributed by atoms with van der Waals surface area (Å²) < 4.78 is 68.6. The maximum atomic E-state index is 13.1. The maximum absolute atomic E-state index is 13.1. The molecule has 0 rings (SSSR count). The molecule has 104 heavy (non-hydrogen) atoms. The van der Waals surface area contributed by atoms with Crippen LogP contribution in [0.25, 0.3) is 0 Å². The highest BCUT2D eigenvalue weighted by Gasteiger charge is 2.30. The Balaban J connectivity index is 5.44. The molecule has 17 nitrogen and oxygen atoms in total. The number of unbranched alkanes of at least 4 members (excludes halogenated alkanes) is 30. The summed E-state index contributed by atoms with van der Waals surface area (Å²) in [6.45, 7) is 4.63. The number of phosphoric acid groups is 2. The maximum Gasteiger partial charge on any atom is 0.472 e. The van der Waals surface area contributed by atoms with Crippen LogP contribution in [0.3, 0.4) is 0 Å². The SMILES string of the molecule is CC/C=C\C/C=C\C/C=C\C/C=C\C/C=C\C/C=C\CCC(=O)OC[C@H](COP(=O)(O)OC[C@@H](O)COP(=O)(O)OC[C@@H](COC(=O)CCCCCCC/C=C\CCCCCCCC)OC(=O)CCCCCCC/C=C\CCCCCCCC)OC(=O)CCCCCCC/C=C\C/C=C\CCCCC. The van der Waals surface area contributed by atoms with Gasteiger partial charge in [0.1, 0.15) is 19.3 Å². The van der Waals surface area contributed by atoms with Gasteiger partial charge in [-0.2, -0.15) is 0 Å². The largest absolute Gasteiger partial charge is 0.472 e. The predicted molar refractivity (Wildman–Crippen MR) is 427 cm³/mol. The summed E-state index contributed by atoms with van der Waals surface area (Å²) in [4.78, 5) is 73.0. The molecule has 0 aromatic heterocycles. The van der Waals surface area contributed by atoms with Crippen molar-refractivity contribution in [2.75, 3.05) is 39.6 Å². The fourth-order valence-corrected chi connectivity index (χ4v) is 12.3. The molecule has 0 saturated heterocycles. The molecular formula is C85H146O17P2. The van der Waals surface area contributed by atoms with Crippen molar-refractivity contribution in [2.45, 2.75) is 354 Å². The van der Waals surface area contributed by atoms with Crippen LogP contribution < -0.4 is 0 Å². The van der Waals surface area contributed by atoms with Crippen molar-refractivity contribution in [1.82, 2.24) is 0 Å². The van der Waals surface area contributed by atoms with Gasteiger partial charge in [-0.15, -0.1) is 0 Å². The molecule has 0 aliphatic carbocycles. The van der Waals surface area contributed by atoms with E-state index in [9.17, 15) is 43.2 Å². The third-order valence-electron chi connectivity index (χ3n) is 16.9. The van der Waals surface area contributed by atoms with Crippen LogP contribution >= 0.6 is 15.6 Å². The highest BCUT2D eigenvalue weighted by molar-refractivity contribution is 7.47. The number of allylic oxidation sites excluding steroid dienone is 20. The second-order valence-electron chi connectivity index (χ2n) is 27.0. The highest BCUT2D eigenvalue weighted by atomic mass is 31.2. The van der Waals surface area contributed by atoms with E-state index in [1.165, 1.54) is 96.3 Å². The Labute approximate surface area is 632 Å². The first-order chi connectivity index (χ1) is 50.7. The molecule has 0 aromatic carbocycles. The van der Waals surface area contributed by atoms with Crippen LogP contribution in [-0.2, 0) is 65.4 Å². The topological polar surface area (TPSA) is 237 Å². The molecule has 598 valence electrons. The lowest BCUT2D eigenvalue weighted by Crippen LogP contribution is -2.30. The zero-order chi connectivity index (χ0) is 76.0. The molecule has 0 aliphatic heterocycles. The molecule has 0 aromatic rings. The van der Waals surface area contributed by atoms with Crippen molar-refractivity contribution in [3.8, 4) is 0 Å². The molecule has 0 amide bonds. The molecule has 0 fully saturated rings. The quantitative estimate of drug-likeness (QED) is 0.0169. The number of phosphoric ester groups is 2. The number of esters is 4. The third kappa shape index (κ3) is 75.7. The summed E-state index contributed by atoms with van der Waals surface area (Å²) in [6, 6.07) is 0. The van der Waals surface area contributed by atoms with E-state index in [-0.39, 0.29) is 25.7 Å². The van der Waals surface area contributed by atoms with Gasteiger partial charge in [0.05, 0.1) is 26.4 Å². The van der Waals surface area contributed by atoms with Crippen LogP contribution in [0.4, 0.5) is 0 Å². The average Bonchev–Trinajstić information content (AvgIpc) is 0.918. The Morgan fingerprint density at radius 2 is 0.519 bits per heavy atom. The number of carbonyl (C=O) groups is 4. The second kappa shape index (κ2) is 76.6. The molecule has 5 atom stereocenters. The van der Waals surface area contributed by atoms with Crippen molar-refractivity contribution in [3.63, 3.8) is 0 Å². The Kier molecular flexibility index (Phi) is 73.3. The van der Waals surface area contributed by atoms with E-state index < -0.39 is 97.5 Å². The Hall–Kier alpha value is -4.54. The summed E-state index contributed by atoms with van der Waals surface area (Å²) in [6.07, 6.45) is 84.7. The van der Waals surface area contributed by atoms with Crippen molar-refractivity contribution in [2.24, 2.45) is 0 Å². The molecule has 0 heterocycles. The molecule has 0 radical (unpaired) electrons. The van der Waals surface area contributed by atoms with E-state index in [1.54, 1.807) is 0 Å². The molecule has 19 heteroatoms. The first-order valence-corrected chi connectivity index (χ1v) is 43.8. The smallest absolute Gasteiger partial charge is 0.462 e. The van der Waals surface area contributed by atoms with Crippen LogP contribution in [0.5, 0.6) is 0 Å². The van der Waals surface area contributed by atoms with Gasteiger partial charge in [0.2, 0.25) is 0 Å². The molecular weight excluding hydrogens is 1350 g/mol. The van der Waals surface area contributed by atoms with Gasteiger partial charge in [0.15, 0.2) is 12.2 Å². The van der Waals surface area contributed by atoms with Gasteiger partial charge in [0.25, 0.3) is 0 Å². The first-order valence-electron chi connectivity index (χ1n) is 40.8. The molecule has 3 N–H and O–H groups in total. The summed E-state index contributed by atoms with van der Waals surface area (Å²) in [7, 11) is -9.99. The van der Waals surface area contributed by atoms with Crippen molar-refractivity contribution in [1.29, 1.82) is 0 Å². The molecule has 0 spiro atoms. The molecule has 0 bridgehead atoms. The second-order valence-corrected chi connectivity index (χ2v) is 29.9. The molecule has 2 unspecified atom stereocenters. The summed E-state index contributed by atoms with van der Waals surface area (Å²) in [5, 5.41) is 10.6. The van der Waals surface area contributed by atoms with Crippen molar-refractivity contribution in [3.05, 3.63) is 122 Å². The highest BCUT2D eigenvalue weighted by Crippen LogP contribution is 2.45. The fourth-order valence-electron chi connectivity index (χ4n) is 10.7. The van der Waals surface area contributed by atoms with Crippen LogP contribution in [0.2, 0.25) is 0 Å². The van der Waals surface area contributed by atoms with Crippen LogP contribution in [-0.4, -0.2) is 96.7 Å². The van der Waals surface area contributed by atoms with E-state index in [4.69, 9.17) is 37.0 Å². The van der Waals surface area contributed by atoms with Gasteiger partial charge in [-0.25, -0.2) is 9.13 Å². The van der Waals surface area contributed by atoms with Crippen molar-refractivity contribution >= 4 is 39.5 Å². The third-order valence-corrected chi connectivity index (χ3v) is 18.8. The minimum absolute atomic E-state index is 0.0309. The Bertz CT molecular complexity index is 2440. The first kappa shape index (κ1) is 99.5. The Morgan fingerprint density at radius 3 is 0.856 bits per heavy atom. The predicted octanol–water partition coefficient (Wildman–Crippen LogP) is 23.9. The van der Waals surface area contributed by atoms with E-state index in [0.29, 0.717) is 32.1 Å². The van der Waals surface area contributed by atoms with Gasteiger partial charge in [-0.3, -0.25) is 37.3 Å². The summed E-state index contributed by atoms with van der Waals surface area (Å²) >= 11 is 0. The summed E-state index contributed by atoms with van der Waals surface area (Å²) in [5.41, 5.74) is 0. The van der Waals surface area contributed by atoms with E-state index >= 15 is 0 Å². The Morgan fingerprint density at radius 1 is 0.279 bits per heavy atom. The monoisotopic (exact) mass is 1500 g/mol. The number of aliphatic hydroxyl groups is 1. The van der Waals surface area contributed by atoms with Gasteiger partial charge in [0, 0.05) is 25.7 Å².